The Bertz CT molecular complexity index is 3020. The third-order valence-electron chi connectivity index (χ3n) is 10.0. The molecule has 6 nitrogen and oxygen atoms in total. The van der Waals surface area contributed by atoms with Gasteiger partial charge in [-0.25, -0.2) is 9.97 Å². The predicted octanol–water partition coefficient (Wildman–Crippen LogP) is 11.5. The zero-order valence-electron chi connectivity index (χ0n) is 29.8. The SMILES string of the molecule is CC(C)(C)c1ccnc(-n2c3[c-]c(Oc4[c-]c5c(cc4)c4cccnc4n4c(-c6ccccc6)c(-c6ccccc6)nc54)ccc3c3ccccc32)c1.[Pt+2]. The molecule has 7 heteroatoms. The largest absolute Gasteiger partial charge is 2.00 e. The van der Waals surface area contributed by atoms with Gasteiger partial charge in [-0.1, -0.05) is 128 Å². The Morgan fingerprint density at radius 1 is 0.593 bits per heavy atom. The molecule has 0 radical (unpaired) electrons. The number of imidazole rings is 1. The summed E-state index contributed by atoms with van der Waals surface area (Å²) in [4.78, 5) is 15.1. The Morgan fingerprint density at radius 3 is 2.06 bits per heavy atom. The number of para-hydroxylation sites is 1. The predicted molar refractivity (Wildman–Crippen MR) is 214 cm³/mol. The summed E-state index contributed by atoms with van der Waals surface area (Å²) in [5.74, 6) is 2.00. The van der Waals surface area contributed by atoms with Crippen molar-refractivity contribution in [2.75, 3.05) is 0 Å². The topological polar surface area (TPSA) is 57.2 Å². The van der Waals surface area contributed by atoms with Gasteiger partial charge in [0.2, 0.25) is 0 Å². The fraction of sp³-hybridized carbons (Fsp3) is 0.0851. The minimum Gasteiger partial charge on any atom is -0.503 e. The van der Waals surface area contributed by atoms with Gasteiger partial charge in [0.05, 0.1) is 17.0 Å². The number of pyridine rings is 3. The number of aromatic nitrogens is 5. The van der Waals surface area contributed by atoms with Crippen LogP contribution in [-0.4, -0.2) is 23.9 Å². The first-order chi connectivity index (χ1) is 25.9. The summed E-state index contributed by atoms with van der Waals surface area (Å²) in [5.41, 5.74) is 8.70. The summed E-state index contributed by atoms with van der Waals surface area (Å²) >= 11 is 0. The quantitative estimate of drug-likeness (QED) is 0.128. The van der Waals surface area contributed by atoms with Gasteiger partial charge in [-0.05, 0) is 46.0 Å². The molecular weight excluding hydrogens is 846 g/mol. The van der Waals surface area contributed by atoms with E-state index in [1.807, 2.05) is 54.9 Å². The van der Waals surface area contributed by atoms with Gasteiger partial charge in [0, 0.05) is 40.5 Å². The van der Waals surface area contributed by atoms with Crippen molar-refractivity contribution in [2.24, 2.45) is 0 Å². The summed E-state index contributed by atoms with van der Waals surface area (Å²) in [6.45, 7) is 6.66. The molecule has 0 aliphatic rings. The van der Waals surface area contributed by atoms with Gasteiger partial charge < -0.3 is 13.7 Å². The van der Waals surface area contributed by atoms with Gasteiger partial charge in [0.25, 0.3) is 0 Å². The van der Waals surface area contributed by atoms with Crippen molar-refractivity contribution in [3.05, 3.63) is 164 Å². The fourth-order valence-corrected chi connectivity index (χ4v) is 7.47. The number of nitrogens with zero attached hydrogens (tertiary/aromatic N) is 5. The normalized spacial score (nSPS) is 11.8. The molecule has 0 atom stereocenters. The van der Waals surface area contributed by atoms with Crippen LogP contribution >= 0.6 is 0 Å². The number of rotatable bonds is 5. The number of ether oxygens (including phenoxy) is 1. The molecule has 0 N–H and O–H groups in total. The van der Waals surface area contributed by atoms with Gasteiger partial charge in [0.15, 0.2) is 0 Å². The zero-order chi connectivity index (χ0) is 35.7. The number of fused-ring (bicyclic) bond motifs is 9. The van der Waals surface area contributed by atoms with Gasteiger partial charge in [-0.15, -0.1) is 29.7 Å². The van der Waals surface area contributed by atoms with Crippen LogP contribution in [0.2, 0.25) is 0 Å². The van der Waals surface area contributed by atoms with E-state index in [9.17, 15) is 0 Å². The van der Waals surface area contributed by atoms with Crippen molar-refractivity contribution in [1.82, 2.24) is 23.9 Å². The number of benzene rings is 5. The Kier molecular flexibility index (Phi) is 8.17. The van der Waals surface area contributed by atoms with Gasteiger partial charge in [0.1, 0.15) is 11.5 Å². The summed E-state index contributed by atoms with van der Waals surface area (Å²) in [6.07, 6.45) is 3.73. The van der Waals surface area contributed by atoms with Crippen LogP contribution in [0.3, 0.4) is 0 Å². The van der Waals surface area contributed by atoms with Crippen molar-refractivity contribution in [1.29, 1.82) is 0 Å². The van der Waals surface area contributed by atoms with E-state index < -0.39 is 0 Å². The van der Waals surface area contributed by atoms with Crippen LogP contribution in [-0.2, 0) is 26.5 Å². The summed E-state index contributed by atoms with van der Waals surface area (Å²) in [6, 6.07) is 52.9. The van der Waals surface area contributed by atoms with Gasteiger partial charge in [-0.2, -0.15) is 6.07 Å². The maximum absolute atomic E-state index is 6.63. The Balaban J connectivity index is 0.00000384. The summed E-state index contributed by atoms with van der Waals surface area (Å²) in [7, 11) is 0. The van der Waals surface area contributed by atoms with Gasteiger partial charge >= 0.3 is 21.1 Å². The molecule has 0 fully saturated rings. The first kappa shape index (κ1) is 33.7. The molecule has 10 rings (SSSR count). The Morgan fingerprint density at radius 2 is 1.28 bits per heavy atom. The zero-order valence-corrected chi connectivity index (χ0v) is 32.1. The van der Waals surface area contributed by atoms with Crippen molar-refractivity contribution in [3.63, 3.8) is 0 Å². The average molecular weight is 879 g/mol. The van der Waals surface area contributed by atoms with E-state index in [1.54, 1.807) is 0 Å². The van der Waals surface area contributed by atoms with E-state index in [2.05, 4.69) is 133 Å². The van der Waals surface area contributed by atoms with Crippen LogP contribution in [0.25, 0.3) is 77.6 Å². The first-order valence-corrected chi connectivity index (χ1v) is 17.8. The van der Waals surface area contributed by atoms with Crippen molar-refractivity contribution < 1.29 is 25.8 Å². The third-order valence-corrected chi connectivity index (χ3v) is 10.0. The average Bonchev–Trinajstić information content (AvgIpc) is 3.75. The van der Waals surface area contributed by atoms with Crippen LogP contribution < -0.4 is 4.74 Å². The monoisotopic (exact) mass is 878 g/mol. The standard InChI is InChI=1S/C47H33N5O.Pt/c1-47(2,3)32-24-26-48-42(27-32)51-40-19-11-10-17-36(40)37-23-21-34(29-41(37)51)53-33-20-22-35-38-18-12-25-49-45(38)52-44(31-15-8-5-9-16-31)43(30-13-6-4-7-14-30)50-46(52)39(35)28-33;/h4-27H,1-3H3;/q-2;+2. The van der Waals surface area contributed by atoms with Crippen LogP contribution in [0.4, 0.5) is 0 Å². The maximum Gasteiger partial charge on any atom is 2.00 e. The molecule has 5 aromatic carbocycles. The molecule has 0 amide bonds. The Hall–Kier alpha value is -6.10. The smallest absolute Gasteiger partial charge is 0.503 e. The van der Waals surface area contributed by atoms with Crippen LogP contribution in [0.1, 0.15) is 26.3 Å². The van der Waals surface area contributed by atoms with Crippen molar-refractivity contribution >= 4 is 49.3 Å². The van der Waals surface area contributed by atoms with E-state index >= 15 is 0 Å². The van der Waals surface area contributed by atoms with E-state index in [0.717, 1.165) is 77.6 Å². The minimum absolute atomic E-state index is 0. The van der Waals surface area contributed by atoms with E-state index in [0.29, 0.717) is 11.5 Å². The fourth-order valence-electron chi connectivity index (χ4n) is 7.47. The second-order valence-corrected chi connectivity index (χ2v) is 14.4. The maximum atomic E-state index is 6.63. The minimum atomic E-state index is -0.0221. The molecule has 5 aromatic heterocycles. The molecule has 0 aliphatic carbocycles. The van der Waals surface area contributed by atoms with Crippen molar-refractivity contribution in [2.45, 2.75) is 26.2 Å². The molecule has 0 spiro atoms. The first-order valence-electron chi connectivity index (χ1n) is 17.8. The second-order valence-electron chi connectivity index (χ2n) is 14.4. The molecule has 0 saturated carbocycles. The molecule has 0 bridgehead atoms. The van der Waals surface area contributed by atoms with E-state index in [4.69, 9.17) is 19.7 Å². The molecular formula is C47H33N5OPt. The molecule has 5 heterocycles. The van der Waals surface area contributed by atoms with Crippen molar-refractivity contribution in [3.8, 4) is 39.8 Å². The second kappa shape index (κ2) is 13.1. The molecule has 262 valence electrons. The molecule has 0 saturated heterocycles. The van der Waals surface area contributed by atoms with Gasteiger partial charge in [-0.3, -0.25) is 4.98 Å². The number of hydrogen-bond donors (Lipinski definition) is 0. The Labute approximate surface area is 327 Å². The van der Waals surface area contributed by atoms with Crippen LogP contribution in [0, 0.1) is 12.1 Å². The van der Waals surface area contributed by atoms with E-state index in [1.165, 1.54) is 5.56 Å². The number of hydrogen-bond acceptors (Lipinski definition) is 4. The third kappa shape index (κ3) is 5.48. The summed E-state index contributed by atoms with van der Waals surface area (Å²) in [5, 5.41) is 5.08. The van der Waals surface area contributed by atoms with Crippen LogP contribution in [0.5, 0.6) is 11.5 Å². The molecule has 0 unspecified atom stereocenters. The van der Waals surface area contributed by atoms with E-state index in [-0.39, 0.29) is 26.5 Å². The molecule has 54 heavy (non-hydrogen) atoms. The molecule has 10 aromatic rings. The molecule has 0 aliphatic heterocycles. The van der Waals surface area contributed by atoms with Crippen LogP contribution in [0.15, 0.2) is 146 Å². The summed E-state index contributed by atoms with van der Waals surface area (Å²) < 4.78 is 11.0.